The van der Waals surface area contributed by atoms with E-state index in [9.17, 15) is 0 Å². The van der Waals surface area contributed by atoms with Crippen molar-refractivity contribution >= 4 is 44.9 Å². The van der Waals surface area contributed by atoms with Crippen LogP contribution in [-0.2, 0) is 0 Å². The van der Waals surface area contributed by atoms with Crippen LogP contribution in [0.2, 0.25) is 0 Å². The molecule has 0 unspecified atom stereocenters. The molecule has 1 heterocycles. The molecule has 0 amide bonds. The Bertz CT molecular complexity index is 289. The van der Waals surface area contributed by atoms with Crippen molar-refractivity contribution in [2.24, 2.45) is 0 Å². The van der Waals surface area contributed by atoms with Gasteiger partial charge in [0, 0.05) is 20.1 Å². The van der Waals surface area contributed by atoms with Gasteiger partial charge in [-0.1, -0.05) is 12.5 Å². The van der Waals surface area contributed by atoms with Gasteiger partial charge in [0.2, 0.25) is 0 Å². The maximum absolute atomic E-state index is 5.79. The minimum atomic E-state index is 0.630. The lowest BCUT2D eigenvalue weighted by atomic mass is 10.2. The van der Waals surface area contributed by atoms with Crippen LogP contribution in [0, 0.1) is 6.92 Å². The average molecular weight is 280 g/mol. The molecule has 0 saturated carbocycles. The summed E-state index contributed by atoms with van der Waals surface area (Å²) in [5.74, 6) is 0.630. The molecule has 0 radical (unpaired) electrons. The Hall–Kier alpha value is 0.210. The van der Waals surface area contributed by atoms with E-state index in [-0.39, 0.29) is 0 Å². The number of alkyl halides is 1. The summed E-state index contributed by atoms with van der Waals surface area (Å²) in [5.41, 5.74) is 1.29. The zero-order valence-electron chi connectivity index (χ0n) is 7.73. The van der Waals surface area contributed by atoms with Crippen molar-refractivity contribution in [1.82, 2.24) is 0 Å². The second-order valence-corrected chi connectivity index (χ2v) is 5.25. The van der Waals surface area contributed by atoms with Gasteiger partial charge in [-0.2, -0.15) is 0 Å². The van der Waals surface area contributed by atoms with E-state index in [1.165, 1.54) is 19.8 Å². The molecule has 13 heavy (non-hydrogen) atoms. The first-order chi connectivity index (χ1) is 6.17. The van der Waals surface area contributed by atoms with Crippen LogP contribution >= 0.6 is 38.9 Å². The maximum Gasteiger partial charge on any atom is 0.0437 e. The van der Waals surface area contributed by atoms with E-state index < -0.39 is 0 Å². The molecule has 0 aliphatic heterocycles. The van der Waals surface area contributed by atoms with E-state index in [1.54, 1.807) is 11.3 Å². The molecule has 1 aromatic rings. The molecule has 0 saturated heterocycles. The first-order valence-corrected chi connectivity index (χ1v) is 6.33. The van der Waals surface area contributed by atoms with E-state index in [2.05, 4.69) is 41.9 Å². The van der Waals surface area contributed by atoms with E-state index in [1.807, 2.05) is 0 Å². The average Bonchev–Trinajstić information content (AvgIpc) is 2.42. The van der Waals surface area contributed by atoms with Crippen molar-refractivity contribution in [2.45, 2.75) is 20.3 Å². The van der Waals surface area contributed by atoms with Gasteiger partial charge >= 0.3 is 0 Å². The van der Waals surface area contributed by atoms with Crippen LogP contribution in [0.4, 0.5) is 0 Å². The molecule has 72 valence electrons. The number of thiophene rings is 1. The fraction of sp³-hybridized carbons (Fsp3) is 0.400. The Morgan fingerprint density at radius 2 is 2.38 bits per heavy atom. The predicted octanol–water partition coefficient (Wildman–Crippen LogP) is 4.85. The normalized spacial score (nSPS) is 12.2. The van der Waals surface area contributed by atoms with Gasteiger partial charge in [0.15, 0.2) is 0 Å². The zero-order valence-corrected chi connectivity index (χ0v) is 10.9. The topological polar surface area (TPSA) is 0 Å². The number of rotatable bonds is 3. The fourth-order valence-electron chi connectivity index (χ4n) is 0.989. The highest BCUT2D eigenvalue weighted by Crippen LogP contribution is 2.28. The highest BCUT2D eigenvalue weighted by atomic mass is 79.9. The standard InChI is InChI=1S/C10H12BrClS/c1-3-8(6-12)4-9-5-10(11)7(2)13-9/h4-5H,3,6H2,1-2H3. The van der Waals surface area contributed by atoms with Crippen molar-refractivity contribution in [3.8, 4) is 0 Å². The van der Waals surface area contributed by atoms with Crippen LogP contribution < -0.4 is 0 Å². The number of hydrogen-bond acceptors (Lipinski definition) is 1. The van der Waals surface area contributed by atoms with E-state index in [0.717, 1.165) is 6.42 Å². The molecule has 0 bridgehead atoms. The molecule has 0 atom stereocenters. The lowest BCUT2D eigenvalue weighted by Gasteiger charge is -1.95. The second kappa shape index (κ2) is 5.18. The summed E-state index contributed by atoms with van der Waals surface area (Å²) in [7, 11) is 0. The van der Waals surface area contributed by atoms with Gasteiger partial charge in [-0.05, 0) is 41.4 Å². The van der Waals surface area contributed by atoms with Crippen LogP contribution in [0.3, 0.4) is 0 Å². The molecule has 1 rings (SSSR count). The summed E-state index contributed by atoms with van der Waals surface area (Å²) in [6, 6.07) is 2.14. The highest BCUT2D eigenvalue weighted by molar-refractivity contribution is 9.10. The predicted molar refractivity (Wildman–Crippen MR) is 65.7 cm³/mol. The molecule has 0 aliphatic rings. The lowest BCUT2D eigenvalue weighted by Crippen LogP contribution is -1.79. The third kappa shape index (κ3) is 3.12. The molecule has 0 fully saturated rings. The minimum absolute atomic E-state index is 0.630. The van der Waals surface area contributed by atoms with Gasteiger partial charge in [-0.15, -0.1) is 22.9 Å². The van der Waals surface area contributed by atoms with Gasteiger partial charge in [0.25, 0.3) is 0 Å². The Morgan fingerprint density at radius 3 is 2.77 bits per heavy atom. The minimum Gasteiger partial charge on any atom is -0.140 e. The third-order valence-corrected chi connectivity index (χ3v) is 4.28. The number of allylic oxidation sites excluding steroid dienone is 1. The summed E-state index contributed by atoms with van der Waals surface area (Å²) in [6.45, 7) is 4.24. The Balaban J connectivity index is 2.89. The summed E-state index contributed by atoms with van der Waals surface area (Å²) >= 11 is 11.1. The molecule has 0 N–H and O–H groups in total. The van der Waals surface area contributed by atoms with Crippen LogP contribution in [0.5, 0.6) is 0 Å². The zero-order chi connectivity index (χ0) is 9.84. The second-order valence-electron chi connectivity index (χ2n) is 2.84. The van der Waals surface area contributed by atoms with Crippen LogP contribution in [-0.4, -0.2) is 5.88 Å². The van der Waals surface area contributed by atoms with Crippen molar-refractivity contribution in [3.63, 3.8) is 0 Å². The van der Waals surface area contributed by atoms with E-state index in [0.29, 0.717) is 5.88 Å². The summed E-state index contributed by atoms with van der Waals surface area (Å²) < 4.78 is 1.19. The molecule has 0 spiro atoms. The number of hydrogen-bond donors (Lipinski definition) is 0. The van der Waals surface area contributed by atoms with Crippen molar-refractivity contribution in [1.29, 1.82) is 0 Å². The molecule has 0 aliphatic carbocycles. The van der Waals surface area contributed by atoms with Gasteiger partial charge in [0.05, 0.1) is 0 Å². The summed E-state index contributed by atoms with van der Waals surface area (Å²) in [5, 5.41) is 0. The summed E-state index contributed by atoms with van der Waals surface area (Å²) in [4.78, 5) is 2.60. The molecular formula is C10H12BrClS. The van der Waals surface area contributed by atoms with Crippen LogP contribution in [0.1, 0.15) is 23.1 Å². The number of halogens is 2. The molecular weight excluding hydrogens is 268 g/mol. The molecule has 0 nitrogen and oxygen atoms in total. The fourth-order valence-corrected chi connectivity index (χ4v) is 2.81. The van der Waals surface area contributed by atoms with Gasteiger partial charge in [-0.3, -0.25) is 0 Å². The Morgan fingerprint density at radius 1 is 1.69 bits per heavy atom. The van der Waals surface area contributed by atoms with Crippen molar-refractivity contribution in [3.05, 3.63) is 25.9 Å². The Kier molecular flexibility index (Phi) is 4.50. The molecule has 0 aromatic carbocycles. The van der Waals surface area contributed by atoms with Gasteiger partial charge in [0.1, 0.15) is 0 Å². The monoisotopic (exact) mass is 278 g/mol. The smallest absolute Gasteiger partial charge is 0.0437 e. The van der Waals surface area contributed by atoms with Crippen molar-refractivity contribution < 1.29 is 0 Å². The summed E-state index contributed by atoms with van der Waals surface area (Å²) in [6.07, 6.45) is 3.20. The highest BCUT2D eigenvalue weighted by Gasteiger charge is 2.01. The molecule has 3 heteroatoms. The Labute approximate surface area is 96.7 Å². The SMILES string of the molecule is CCC(=Cc1cc(Br)c(C)s1)CCl. The quantitative estimate of drug-likeness (QED) is 0.694. The van der Waals surface area contributed by atoms with Crippen LogP contribution in [0.15, 0.2) is 16.1 Å². The van der Waals surface area contributed by atoms with Gasteiger partial charge in [-0.25, -0.2) is 0 Å². The first kappa shape index (κ1) is 11.3. The third-order valence-electron chi connectivity index (χ3n) is 1.85. The lowest BCUT2D eigenvalue weighted by molar-refractivity contribution is 1.12. The largest absolute Gasteiger partial charge is 0.140 e. The first-order valence-electron chi connectivity index (χ1n) is 4.18. The number of aryl methyl sites for hydroxylation is 1. The van der Waals surface area contributed by atoms with E-state index >= 15 is 0 Å². The maximum atomic E-state index is 5.79. The molecule has 1 aromatic heterocycles. The van der Waals surface area contributed by atoms with Gasteiger partial charge < -0.3 is 0 Å². The van der Waals surface area contributed by atoms with Crippen LogP contribution in [0.25, 0.3) is 6.08 Å². The van der Waals surface area contributed by atoms with E-state index in [4.69, 9.17) is 11.6 Å². The van der Waals surface area contributed by atoms with Crippen molar-refractivity contribution in [2.75, 3.05) is 5.88 Å².